The third kappa shape index (κ3) is 55.5. The van der Waals surface area contributed by atoms with E-state index in [-0.39, 0.29) is 31.6 Å². The molecule has 0 aromatic heterocycles. The number of allylic oxidation sites excluding steroid dienone is 13. The minimum atomic E-state index is -0.830. The Bertz CT molecular complexity index is 1350. The molecule has 0 aliphatic heterocycles. The molecule has 0 bridgehead atoms. The second-order valence-electron chi connectivity index (χ2n) is 19.5. The molecule has 0 fully saturated rings. The van der Waals surface area contributed by atoms with Crippen molar-refractivity contribution in [3.05, 3.63) is 85.1 Å². The fourth-order valence-electron chi connectivity index (χ4n) is 8.26. The first-order valence-corrected chi connectivity index (χ1v) is 29.6. The van der Waals surface area contributed by atoms with Crippen LogP contribution in [0.3, 0.4) is 0 Å². The molecule has 1 unspecified atom stereocenters. The van der Waals surface area contributed by atoms with Crippen LogP contribution in [-0.4, -0.2) is 37.2 Å². The second kappa shape index (κ2) is 58.2. The highest BCUT2D eigenvalue weighted by atomic mass is 16.6. The number of unbranched alkanes of at least 4 members (excludes halogenated alkanes) is 29. The largest absolute Gasteiger partial charge is 0.462 e. The van der Waals surface area contributed by atoms with Gasteiger partial charge in [0.05, 0.1) is 6.42 Å². The van der Waals surface area contributed by atoms with Gasteiger partial charge >= 0.3 is 17.9 Å². The van der Waals surface area contributed by atoms with Gasteiger partial charge in [0.2, 0.25) is 0 Å². The lowest BCUT2D eigenvalue weighted by atomic mass is 10.0. The van der Waals surface area contributed by atoms with Gasteiger partial charge in [-0.15, -0.1) is 0 Å². The van der Waals surface area contributed by atoms with Crippen molar-refractivity contribution in [1.29, 1.82) is 0 Å². The molecule has 70 heavy (non-hydrogen) atoms. The van der Waals surface area contributed by atoms with Crippen LogP contribution in [0.15, 0.2) is 85.1 Å². The predicted molar refractivity (Wildman–Crippen MR) is 302 cm³/mol. The number of carbonyl (C=O) groups excluding carboxylic acids is 3. The maximum Gasteiger partial charge on any atom is 0.310 e. The van der Waals surface area contributed by atoms with Crippen molar-refractivity contribution >= 4 is 17.9 Å². The van der Waals surface area contributed by atoms with Crippen molar-refractivity contribution in [2.45, 2.75) is 290 Å². The molecule has 6 heteroatoms. The van der Waals surface area contributed by atoms with Crippen LogP contribution in [0.25, 0.3) is 0 Å². The summed E-state index contributed by atoms with van der Waals surface area (Å²) in [5, 5.41) is 0. The lowest BCUT2D eigenvalue weighted by Crippen LogP contribution is -2.30. The van der Waals surface area contributed by atoms with E-state index in [9.17, 15) is 14.4 Å². The first kappa shape index (κ1) is 66.6. The van der Waals surface area contributed by atoms with Gasteiger partial charge in [0.1, 0.15) is 13.2 Å². The lowest BCUT2D eigenvalue weighted by molar-refractivity contribution is -0.166. The normalized spacial score (nSPS) is 12.7. The van der Waals surface area contributed by atoms with Crippen molar-refractivity contribution < 1.29 is 28.6 Å². The molecule has 402 valence electrons. The molecule has 0 saturated heterocycles. The van der Waals surface area contributed by atoms with E-state index in [1.807, 2.05) is 6.08 Å². The molecule has 0 aliphatic rings. The molecule has 0 amide bonds. The Balaban J connectivity index is 4.39. The van der Waals surface area contributed by atoms with Crippen LogP contribution in [0.4, 0.5) is 0 Å². The van der Waals surface area contributed by atoms with Gasteiger partial charge in [-0.1, -0.05) is 273 Å². The number of ether oxygens (including phenoxy) is 3. The van der Waals surface area contributed by atoms with Gasteiger partial charge in [-0.05, 0) is 77.0 Å². The maximum atomic E-state index is 12.8. The minimum Gasteiger partial charge on any atom is -0.462 e. The van der Waals surface area contributed by atoms with Crippen molar-refractivity contribution in [2.24, 2.45) is 0 Å². The summed E-state index contributed by atoms with van der Waals surface area (Å²) in [6.45, 7) is 6.45. The van der Waals surface area contributed by atoms with E-state index >= 15 is 0 Å². The maximum absolute atomic E-state index is 12.8. The van der Waals surface area contributed by atoms with E-state index in [1.165, 1.54) is 167 Å². The van der Waals surface area contributed by atoms with E-state index in [2.05, 4.69) is 93.7 Å². The highest BCUT2D eigenvalue weighted by Gasteiger charge is 2.19. The highest BCUT2D eigenvalue weighted by Crippen LogP contribution is 2.16. The Morgan fingerprint density at radius 2 is 0.600 bits per heavy atom. The molecule has 0 rings (SSSR count). The molecule has 1 atom stereocenters. The molecular weight excluding hydrogens is 865 g/mol. The minimum absolute atomic E-state index is 0.0978. The Kier molecular flexibility index (Phi) is 55.3. The third-order valence-electron chi connectivity index (χ3n) is 12.7. The lowest BCUT2D eigenvalue weighted by Gasteiger charge is -2.18. The van der Waals surface area contributed by atoms with Crippen LogP contribution in [0.5, 0.6) is 0 Å². The van der Waals surface area contributed by atoms with Crippen molar-refractivity contribution in [3.63, 3.8) is 0 Å². The summed E-state index contributed by atoms with van der Waals surface area (Å²) in [7, 11) is 0. The van der Waals surface area contributed by atoms with Crippen molar-refractivity contribution in [1.82, 2.24) is 0 Å². The summed E-state index contributed by atoms with van der Waals surface area (Å²) in [5.41, 5.74) is 0. The zero-order valence-corrected chi connectivity index (χ0v) is 46.0. The van der Waals surface area contributed by atoms with Gasteiger partial charge < -0.3 is 14.2 Å². The fourth-order valence-corrected chi connectivity index (χ4v) is 8.26. The average molecular weight is 976 g/mol. The monoisotopic (exact) mass is 975 g/mol. The topological polar surface area (TPSA) is 78.9 Å². The van der Waals surface area contributed by atoms with Crippen molar-refractivity contribution in [3.8, 4) is 0 Å². The van der Waals surface area contributed by atoms with Crippen LogP contribution < -0.4 is 0 Å². The third-order valence-corrected chi connectivity index (χ3v) is 12.7. The van der Waals surface area contributed by atoms with E-state index in [4.69, 9.17) is 14.2 Å². The summed E-state index contributed by atoms with van der Waals surface area (Å²) in [5.74, 6) is -1.04. The van der Waals surface area contributed by atoms with Crippen LogP contribution in [0.2, 0.25) is 0 Å². The van der Waals surface area contributed by atoms with Gasteiger partial charge in [-0.3, -0.25) is 14.4 Å². The molecule has 0 saturated carbocycles. The van der Waals surface area contributed by atoms with Crippen molar-refractivity contribution in [2.75, 3.05) is 13.2 Å². The van der Waals surface area contributed by atoms with E-state index in [0.29, 0.717) is 12.8 Å². The number of esters is 3. The second-order valence-corrected chi connectivity index (χ2v) is 19.5. The van der Waals surface area contributed by atoms with Gasteiger partial charge in [0, 0.05) is 12.8 Å². The first-order chi connectivity index (χ1) is 34.5. The number of hydrogen-bond acceptors (Lipinski definition) is 6. The van der Waals surface area contributed by atoms with E-state index < -0.39 is 12.1 Å². The molecule has 0 spiro atoms. The zero-order valence-electron chi connectivity index (χ0n) is 46.0. The van der Waals surface area contributed by atoms with E-state index in [0.717, 1.165) is 77.0 Å². The Labute approximate surface area is 433 Å². The molecule has 6 nitrogen and oxygen atoms in total. The molecule has 0 aromatic carbocycles. The molecule has 0 N–H and O–H groups in total. The zero-order chi connectivity index (χ0) is 50.7. The predicted octanol–water partition coefficient (Wildman–Crippen LogP) is 19.9. The SMILES string of the molecule is CC/C=C\C/C=C\C/C=C\C/C=C\C/C=C\CC(=O)OC(COC(=O)CCCCCCCCCCCCC/C=C\C/C=C\CCCCCCC)COC(=O)CCCCCCCCCCCCCCCC. The highest BCUT2D eigenvalue weighted by molar-refractivity contribution is 5.72. The van der Waals surface area contributed by atoms with E-state index in [1.54, 1.807) is 6.08 Å². The van der Waals surface area contributed by atoms with Crippen LogP contribution >= 0.6 is 0 Å². The van der Waals surface area contributed by atoms with Gasteiger partial charge in [0.15, 0.2) is 6.10 Å². The Morgan fingerprint density at radius 3 is 0.943 bits per heavy atom. The van der Waals surface area contributed by atoms with Crippen LogP contribution in [0, 0.1) is 0 Å². The molecule has 0 aliphatic carbocycles. The average Bonchev–Trinajstić information content (AvgIpc) is 3.36. The summed E-state index contributed by atoms with van der Waals surface area (Å²) in [6, 6.07) is 0. The number of carbonyl (C=O) groups is 3. The quantitative estimate of drug-likeness (QED) is 0.0261. The molecule has 0 radical (unpaired) electrons. The fraction of sp³-hybridized carbons (Fsp3) is 0.734. The van der Waals surface area contributed by atoms with Crippen LogP contribution in [0.1, 0.15) is 284 Å². The Hall–Kier alpha value is -3.41. The molecule has 0 aromatic rings. The number of hydrogen-bond donors (Lipinski definition) is 0. The standard InChI is InChI=1S/C64H110O6/c1-4-7-10-13-16-19-22-25-28-29-30-31-32-33-34-35-37-39-42-45-48-51-54-57-63(66)69-60-61(59-68-62(65)56-53-50-47-44-41-38-27-24-21-18-15-12-9-6-3)70-64(67)58-55-52-49-46-43-40-36-26-23-20-17-14-11-8-5-2/h8,11,17,20,22,25-26,29-30,36,43,46,52,55,61H,4-7,9-10,12-16,18-19,21,23-24,27-28,31-35,37-42,44-45,47-51,53-54,56-60H2,1-3H3/b11-8-,20-17-,25-22-,30-29-,36-26-,46-43-,55-52-. The van der Waals surface area contributed by atoms with Gasteiger partial charge in [-0.25, -0.2) is 0 Å². The summed E-state index contributed by atoms with van der Waals surface area (Å²) >= 11 is 0. The first-order valence-electron chi connectivity index (χ1n) is 29.6. The van der Waals surface area contributed by atoms with Gasteiger partial charge in [-0.2, -0.15) is 0 Å². The Morgan fingerprint density at radius 1 is 0.314 bits per heavy atom. The summed E-state index contributed by atoms with van der Waals surface area (Å²) in [4.78, 5) is 38.1. The summed E-state index contributed by atoms with van der Waals surface area (Å²) in [6.07, 6.45) is 76.1. The number of rotatable bonds is 53. The summed E-state index contributed by atoms with van der Waals surface area (Å²) < 4.78 is 16.8. The molecular formula is C64H110O6. The van der Waals surface area contributed by atoms with Crippen LogP contribution in [-0.2, 0) is 28.6 Å². The smallest absolute Gasteiger partial charge is 0.310 e. The molecule has 0 heterocycles. The van der Waals surface area contributed by atoms with Gasteiger partial charge in [0.25, 0.3) is 0 Å².